The monoisotopic (exact) mass is 292 g/mol. The molecule has 0 bridgehead atoms. The van der Waals surface area contributed by atoms with Crippen LogP contribution < -0.4 is 4.74 Å². The van der Waals surface area contributed by atoms with Crippen molar-refractivity contribution in [2.75, 3.05) is 13.4 Å². The maximum atomic E-state index is 11.7. The summed E-state index contributed by atoms with van der Waals surface area (Å²) in [5, 5.41) is 10.7. The number of aliphatic hydroxyl groups excluding tert-OH is 1. The zero-order chi connectivity index (χ0) is 14.1. The van der Waals surface area contributed by atoms with Gasteiger partial charge in [-0.1, -0.05) is 11.6 Å². The number of sulfone groups is 1. The van der Waals surface area contributed by atoms with Crippen molar-refractivity contribution in [3.63, 3.8) is 0 Å². The van der Waals surface area contributed by atoms with Crippen LogP contribution in [0.4, 0.5) is 0 Å². The van der Waals surface area contributed by atoms with E-state index < -0.39 is 20.7 Å². The molecule has 1 N–H and O–H groups in total. The molecule has 0 spiro atoms. The number of ether oxygens (including phenoxy) is 1. The predicted molar refractivity (Wildman–Crippen MR) is 71.9 cm³/mol. The third-order valence-corrected chi connectivity index (χ3v) is 5.47. The van der Waals surface area contributed by atoms with Crippen LogP contribution in [0.1, 0.15) is 25.5 Å². The largest absolute Gasteiger partial charge is 0.496 e. The summed E-state index contributed by atoms with van der Waals surface area (Å²) in [6, 6.07) is 4.72. The molecule has 0 amide bonds. The highest BCUT2D eigenvalue weighted by Crippen LogP contribution is 2.37. The van der Waals surface area contributed by atoms with Gasteiger partial charge in [-0.05, 0) is 32.0 Å². The Balaban J connectivity index is 3.35. The van der Waals surface area contributed by atoms with Crippen LogP contribution in [0.3, 0.4) is 0 Å². The number of halogens is 1. The smallest absolute Gasteiger partial charge is 0.155 e. The molecule has 4 nitrogen and oxygen atoms in total. The molecule has 102 valence electrons. The van der Waals surface area contributed by atoms with Crippen LogP contribution in [-0.4, -0.2) is 31.6 Å². The number of hydrogen-bond acceptors (Lipinski definition) is 4. The molecule has 6 heteroatoms. The molecule has 0 saturated carbocycles. The Morgan fingerprint density at radius 3 is 2.39 bits per heavy atom. The Morgan fingerprint density at radius 2 is 1.94 bits per heavy atom. The molecule has 0 aliphatic rings. The van der Waals surface area contributed by atoms with Gasteiger partial charge in [-0.2, -0.15) is 0 Å². The number of aliphatic hydroxyl groups is 1. The van der Waals surface area contributed by atoms with Crippen LogP contribution in [0.25, 0.3) is 0 Å². The highest BCUT2D eigenvalue weighted by molar-refractivity contribution is 7.92. The van der Waals surface area contributed by atoms with Crippen LogP contribution >= 0.6 is 11.6 Å². The molecule has 1 rings (SSSR count). The molecule has 0 radical (unpaired) electrons. The van der Waals surface area contributed by atoms with E-state index in [1.54, 1.807) is 12.1 Å². The lowest BCUT2D eigenvalue weighted by atomic mass is 9.97. The fourth-order valence-corrected chi connectivity index (χ4v) is 2.21. The molecular weight excluding hydrogens is 276 g/mol. The summed E-state index contributed by atoms with van der Waals surface area (Å²) in [7, 11) is -1.98. The molecule has 1 aromatic carbocycles. The molecule has 0 aliphatic carbocycles. The molecule has 0 saturated heterocycles. The average molecular weight is 293 g/mol. The van der Waals surface area contributed by atoms with Gasteiger partial charge in [-0.15, -0.1) is 0 Å². The molecule has 1 unspecified atom stereocenters. The Labute approximate surface area is 112 Å². The average Bonchev–Trinajstić information content (AvgIpc) is 2.26. The lowest BCUT2D eigenvalue weighted by Gasteiger charge is -2.29. The highest BCUT2D eigenvalue weighted by Gasteiger charge is 2.40. The van der Waals surface area contributed by atoms with Gasteiger partial charge in [0.1, 0.15) is 11.9 Å². The standard InChI is InChI=1S/C12H17ClO4S/c1-12(2,18(4,15)16)11(14)9-7-8(13)5-6-10(9)17-3/h5-7,11,14H,1-4H3. The molecule has 18 heavy (non-hydrogen) atoms. The van der Waals surface area contributed by atoms with E-state index in [-0.39, 0.29) is 0 Å². The minimum atomic E-state index is -3.44. The van der Waals surface area contributed by atoms with E-state index in [0.717, 1.165) is 6.26 Å². The van der Waals surface area contributed by atoms with E-state index in [2.05, 4.69) is 0 Å². The van der Waals surface area contributed by atoms with Crippen molar-refractivity contribution in [1.82, 2.24) is 0 Å². The quantitative estimate of drug-likeness (QED) is 0.924. The summed E-state index contributed by atoms with van der Waals surface area (Å²) in [6.45, 7) is 2.93. The van der Waals surface area contributed by atoms with Crippen LogP contribution in [0.5, 0.6) is 5.75 Å². The van der Waals surface area contributed by atoms with Gasteiger partial charge in [0.05, 0.1) is 11.9 Å². The van der Waals surface area contributed by atoms with Crippen molar-refractivity contribution in [2.24, 2.45) is 0 Å². The van der Waals surface area contributed by atoms with E-state index in [1.165, 1.54) is 27.0 Å². The highest BCUT2D eigenvalue weighted by atomic mass is 35.5. The number of methoxy groups -OCH3 is 1. The number of rotatable bonds is 4. The second-order valence-electron chi connectivity index (χ2n) is 4.66. The zero-order valence-corrected chi connectivity index (χ0v) is 12.3. The third-order valence-electron chi connectivity index (χ3n) is 3.10. The summed E-state index contributed by atoms with van der Waals surface area (Å²) in [5.74, 6) is 0.406. The predicted octanol–water partition coefficient (Wildman–Crippen LogP) is 2.21. The Kier molecular flexibility index (Phi) is 4.30. The van der Waals surface area contributed by atoms with Crippen molar-refractivity contribution in [1.29, 1.82) is 0 Å². The summed E-state index contributed by atoms with van der Waals surface area (Å²) in [4.78, 5) is 0. The van der Waals surface area contributed by atoms with E-state index in [4.69, 9.17) is 16.3 Å². The van der Waals surface area contributed by atoms with Crippen molar-refractivity contribution in [2.45, 2.75) is 24.7 Å². The first kappa shape index (κ1) is 15.3. The van der Waals surface area contributed by atoms with Crippen molar-refractivity contribution in [3.8, 4) is 5.75 Å². The fourth-order valence-electron chi connectivity index (χ4n) is 1.50. The summed E-state index contributed by atoms with van der Waals surface area (Å²) in [6.07, 6.45) is -0.131. The first-order valence-electron chi connectivity index (χ1n) is 5.32. The first-order valence-corrected chi connectivity index (χ1v) is 7.59. The summed E-state index contributed by atoms with van der Waals surface area (Å²) < 4.78 is 27.2. The van der Waals surface area contributed by atoms with Crippen LogP contribution in [0.2, 0.25) is 5.02 Å². The SMILES string of the molecule is COc1ccc(Cl)cc1C(O)C(C)(C)S(C)(=O)=O. The van der Waals surface area contributed by atoms with E-state index in [1.807, 2.05) is 0 Å². The van der Waals surface area contributed by atoms with Crippen LogP contribution in [0, 0.1) is 0 Å². The van der Waals surface area contributed by atoms with Gasteiger partial charge in [-0.25, -0.2) is 8.42 Å². The normalized spacial score (nSPS) is 14.3. The van der Waals surface area contributed by atoms with Crippen LogP contribution in [-0.2, 0) is 9.84 Å². The van der Waals surface area contributed by atoms with Crippen molar-refractivity contribution < 1.29 is 18.3 Å². The van der Waals surface area contributed by atoms with E-state index in [0.29, 0.717) is 16.3 Å². The van der Waals surface area contributed by atoms with Crippen LogP contribution in [0.15, 0.2) is 18.2 Å². The number of benzene rings is 1. The van der Waals surface area contributed by atoms with Gasteiger partial charge in [0, 0.05) is 16.8 Å². The maximum Gasteiger partial charge on any atom is 0.155 e. The lowest BCUT2D eigenvalue weighted by molar-refractivity contribution is 0.136. The molecular formula is C12H17ClO4S. The van der Waals surface area contributed by atoms with E-state index >= 15 is 0 Å². The van der Waals surface area contributed by atoms with Gasteiger partial charge >= 0.3 is 0 Å². The second-order valence-corrected chi connectivity index (χ2v) is 7.70. The van der Waals surface area contributed by atoms with Gasteiger partial charge in [0.25, 0.3) is 0 Å². The Hall–Kier alpha value is -0.780. The summed E-state index contributed by atoms with van der Waals surface area (Å²) in [5.41, 5.74) is 0.362. The Bertz CT molecular complexity index is 537. The molecule has 1 aromatic rings. The Morgan fingerprint density at radius 1 is 1.39 bits per heavy atom. The molecule has 0 aliphatic heterocycles. The van der Waals surface area contributed by atoms with Gasteiger partial charge in [-0.3, -0.25) is 0 Å². The van der Waals surface area contributed by atoms with Gasteiger partial charge in [0.15, 0.2) is 9.84 Å². The van der Waals surface area contributed by atoms with Crippen molar-refractivity contribution >= 4 is 21.4 Å². The second kappa shape index (κ2) is 5.07. The maximum absolute atomic E-state index is 11.7. The number of hydrogen-bond donors (Lipinski definition) is 1. The zero-order valence-electron chi connectivity index (χ0n) is 10.8. The fraction of sp³-hybridized carbons (Fsp3) is 0.500. The minimum absolute atomic E-state index is 0.362. The topological polar surface area (TPSA) is 63.6 Å². The molecule has 0 fully saturated rings. The van der Waals surface area contributed by atoms with Gasteiger partial charge < -0.3 is 9.84 Å². The first-order chi connectivity index (χ1) is 8.11. The molecule has 1 atom stereocenters. The lowest BCUT2D eigenvalue weighted by Crippen LogP contribution is -2.38. The third kappa shape index (κ3) is 2.79. The molecule has 0 aromatic heterocycles. The van der Waals surface area contributed by atoms with Crippen molar-refractivity contribution in [3.05, 3.63) is 28.8 Å². The minimum Gasteiger partial charge on any atom is -0.496 e. The molecule has 0 heterocycles. The van der Waals surface area contributed by atoms with Gasteiger partial charge in [0.2, 0.25) is 0 Å². The van der Waals surface area contributed by atoms with E-state index in [9.17, 15) is 13.5 Å². The summed E-state index contributed by atoms with van der Waals surface area (Å²) >= 11 is 5.87.